The molecule has 5 rings (SSSR count). The van der Waals surface area contributed by atoms with Gasteiger partial charge in [-0.15, -0.1) is 0 Å². The number of halogens is 2. The van der Waals surface area contributed by atoms with Gasteiger partial charge in [-0.05, 0) is 41.0 Å². The maximum absolute atomic E-state index is 6.08. The zero-order valence-corrected chi connectivity index (χ0v) is 16.2. The summed E-state index contributed by atoms with van der Waals surface area (Å²) in [5, 5.41) is 0.755. The zero-order valence-electron chi connectivity index (χ0n) is 13.9. The molecule has 128 valence electrons. The highest BCUT2D eigenvalue weighted by molar-refractivity contribution is 9.10. The molecule has 3 aromatic rings. The number of nitrogens with zero attached hydrogens (tertiary/aromatic N) is 2. The van der Waals surface area contributed by atoms with Gasteiger partial charge in [0.25, 0.3) is 0 Å². The Kier molecular flexibility index (Phi) is 3.96. The smallest absolute Gasteiger partial charge is 0.129 e. The van der Waals surface area contributed by atoms with Gasteiger partial charge in [0.05, 0.1) is 17.8 Å². The fourth-order valence-electron chi connectivity index (χ4n) is 3.87. The number of fused-ring (bicyclic) bond motifs is 1. The van der Waals surface area contributed by atoms with Crippen LogP contribution >= 0.6 is 27.5 Å². The fraction of sp³-hybridized carbons (Fsp3) is 0.136. The first kappa shape index (κ1) is 16.2. The minimum absolute atomic E-state index is 0.0427. The topological polar surface area (TPSA) is 15.4 Å². The van der Waals surface area contributed by atoms with E-state index in [-0.39, 0.29) is 6.17 Å². The number of hydrogen-bond acceptors (Lipinski definition) is 2. The summed E-state index contributed by atoms with van der Waals surface area (Å²) >= 11 is 9.60. The predicted octanol–water partition coefficient (Wildman–Crippen LogP) is 6.03. The maximum Gasteiger partial charge on any atom is 0.129 e. The largest absolute Gasteiger partial charge is 0.263 e. The Morgan fingerprint density at radius 2 is 1.46 bits per heavy atom. The second-order valence-electron chi connectivity index (χ2n) is 6.69. The molecule has 0 N–H and O–H groups in total. The molecule has 0 aliphatic carbocycles. The molecule has 0 saturated carbocycles. The maximum atomic E-state index is 6.08. The molecule has 1 fully saturated rings. The summed E-state index contributed by atoms with van der Waals surface area (Å²) in [5.41, 5.74) is 4.90. The second kappa shape index (κ2) is 6.34. The molecule has 0 spiro atoms. The number of aliphatic imine (C=N–C) groups is 1. The first-order valence-corrected chi connectivity index (χ1v) is 9.81. The summed E-state index contributed by atoms with van der Waals surface area (Å²) in [6, 6.07) is 27.9. The van der Waals surface area contributed by atoms with Crippen LogP contribution in [0, 0.1) is 0 Å². The van der Waals surface area contributed by atoms with Crippen LogP contribution in [0.2, 0.25) is 5.02 Å². The monoisotopic (exact) mass is 422 g/mol. The average molecular weight is 424 g/mol. The molecule has 1 unspecified atom stereocenters. The van der Waals surface area contributed by atoms with Crippen molar-refractivity contribution < 1.29 is 0 Å². The molecule has 1 saturated heterocycles. The van der Waals surface area contributed by atoms with Gasteiger partial charge in [-0.25, -0.2) is 0 Å². The lowest BCUT2D eigenvalue weighted by Crippen LogP contribution is -2.08. The van der Waals surface area contributed by atoms with Gasteiger partial charge in [0.2, 0.25) is 0 Å². The Balaban J connectivity index is 1.56. The van der Waals surface area contributed by atoms with Gasteiger partial charge in [-0.1, -0.05) is 82.1 Å². The van der Waals surface area contributed by atoms with Crippen molar-refractivity contribution in [1.29, 1.82) is 0 Å². The lowest BCUT2D eigenvalue weighted by atomic mass is 10.0. The average Bonchev–Trinajstić information content (AvgIpc) is 3.29. The first-order valence-electron chi connectivity index (χ1n) is 8.64. The summed E-state index contributed by atoms with van der Waals surface area (Å²) in [7, 11) is 0. The van der Waals surface area contributed by atoms with Crippen molar-refractivity contribution in [2.75, 3.05) is 0 Å². The highest BCUT2D eigenvalue weighted by Crippen LogP contribution is 2.55. The summed E-state index contributed by atoms with van der Waals surface area (Å²) in [4.78, 5) is 7.56. The Labute approximate surface area is 166 Å². The molecule has 0 aromatic heterocycles. The molecular formula is C22H16BrClN2. The van der Waals surface area contributed by atoms with Gasteiger partial charge in [0, 0.05) is 9.50 Å². The normalized spacial score (nSPS) is 26.3. The van der Waals surface area contributed by atoms with E-state index in [1.165, 1.54) is 22.4 Å². The Bertz CT molecular complexity index is 967. The van der Waals surface area contributed by atoms with Crippen molar-refractivity contribution in [3.05, 3.63) is 105 Å². The van der Waals surface area contributed by atoms with Crippen LogP contribution in [0.15, 0.2) is 88.3 Å². The molecule has 2 aliphatic rings. The summed E-state index contributed by atoms with van der Waals surface area (Å²) < 4.78 is 1.08. The minimum Gasteiger partial charge on any atom is -0.263 e. The van der Waals surface area contributed by atoms with E-state index in [0.717, 1.165) is 9.50 Å². The fourth-order valence-corrected chi connectivity index (χ4v) is 4.26. The number of benzene rings is 3. The third-order valence-electron chi connectivity index (χ3n) is 5.12. The molecule has 3 aromatic carbocycles. The SMILES string of the molecule is Clc1ccc([C@@H]2N=C(c3ccc(Br)cc3)[C@H]3[C@@H](c4ccccc4)N23)cc1. The minimum atomic E-state index is 0.0427. The molecule has 26 heavy (non-hydrogen) atoms. The van der Waals surface area contributed by atoms with Gasteiger partial charge in [0.1, 0.15) is 6.17 Å². The van der Waals surface area contributed by atoms with Gasteiger partial charge < -0.3 is 0 Å². The van der Waals surface area contributed by atoms with Crippen LogP contribution in [0.3, 0.4) is 0 Å². The van der Waals surface area contributed by atoms with Gasteiger partial charge in [-0.3, -0.25) is 9.89 Å². The van der Waals surface area contributed by atoms with Gasteiger partial charge in [-0.2, -0.15) is 0 Å². The molecule has 2 aliphatic heterocycles. The summed E-state index contributed by atoms with van der Waals surface area (Å²) in [6.45, 7) is 0. The number of rotatable bonds is 3. The van der Waals surface area contributed by atoms with E-state index >= 15 is 0 Å². The highest BCUT2D eigenvalue weighted by Gasteiger charge is 2.59. The van der Waals surface area contributed by atoms with Crippen LogP contribution in [-0.2, 0) is 0 Å². The van der Waals surface area contributed by atoms with E-state index < -0.39 is 0 Å². The van der Waals surface area contributed by atoms with Crippen LogP contribution < -0.4 is 0 Å². The van der Waals surface area contributed by atoms with E-state index in [9.17, 15) is 0 Å². The predicted molar refractivity (Wildman–Crippen MR) is 110 cm³/mol. The highest BCUT2D eigenvalue weighted by atomic mass is 79.9. The molecule has 2 nitrogen and oxygen atoms in total. The second-order valence-corrected chi connectivity index (χ2v) is 8.05. The molecule has 4 heteroatoms. The van der Waals surface area contributed by atoms with Crippen LogP contribution in [0.5, 0.6) is 0 Å². The standard InChI is InChI=1S/C22H16BrClN2/c23-17-10-6-14(7-11-17)19-21-20(15-4-2-1-3-5-15)26(21)22(25-19)16-8-12-18(24)13-9-16/h1-13,20-22H/t20-,21+,22-,26?/m1/s1. The molecule has 0 bridgehead atoms. The molecule has 4 atom stereocenters. The van der Waals surface area contributed by atoms with Gasteiger partial charge in [0.15, 0.2) is 0 Å². The Hall–Kier alpha value is -1.94. The van der Waals surface area contributed by atoms with Crippen molar-refractivity contribution in [2.24, 2.45) is 4.99 Å². The van der Waals surface area contributed by atoms with Crippen LogP contribution in [0.1, 0.15) is 28.9 Å². The Morgan fingerprint density at radius 1 is 0.769 bits per heavy atom. The molecular weight excluding hydrogens is 408 g/mol. The van der Waals surface area contributed by atoms with E-state index in [1.807, 2.05) is 12.1 Å². The molecule has 2 heterocycles. The zero-order chi connectivity index (χ0) is 17.7. The van der Waals surface area contributed by atoms with Crippen LogP contribution in [0.4, 0.5) is 0 Å². The van der Waals surface area contributed by atoms with E-state index in [2.05, 4.69) is 87.6 Å². The van der Waals surface area contributed by atoms with E-state index in [1.54, 1.807) is 0 Å². The molecule has 0 radical (unpaired) electrons. The van der Waals surface area contributed by atoms with E-state index in [0.29, 0.717) is 12.1 Å². The van der Waals surface area contributed by atoms with Crippen molar-refractivity contribution in [1.82, 2.24) is 4.90 Å². The van der Waals surface area contributed by atoms with Crippen LogP contribution in [-0.4, -0.2) is 16.7 Å². The van der Waals surface area contributed by atoms with Crippen molar-refractivity contribution >= 4 is 33.2 Å². The quantitative estimate of drug-likeness (QED) is 0.470. The first-order chi connectivity index (χ1) is 12.7. The third kappa shape index (κ3) is 2.71. The van der Waals surface area contributed by atoms with Crippen LogP contribution in [0.25, 0.3) is 0 Å². The van der Waals surface area contributed by atoms with Crippen molar-refractivity contribution in [3.63, 3.8) is 0 Å². The summed E-state index contributed by atoms with van der Waals surface area (Å²) in [6.07, 6.45) is 0.0427. The lowest BCUT2D eigenvalue weighted by Gasteiger charge is -2.14. The Morgan fingerprint density at radius 3 is 2.15 bits per heavy atom. The number of hydrogen-bond donors (Lipinski definition) is 0. The molecule has 0 amide bonds. The summed E-state index contributed by atoms with van der Waals surface area (Å²) in [5.74, 6) is 0. The van der Waals surface area contributed by atoms with Gasteiger partial charge >= 0.3 is 0 Å². The lowest BCUT2D eigenvalue weighted by molar-refractivity contribution is 0.404. The van der Waals surface area contributed by atoms with E-state index in [4.69, 9.17) is 16.6 Å². The third-order valence-corrected chi connectivity index (χ3v) is 5.91. The van der Waals surface area contributed by atoms with Crippen molar-refractivity contribution in [3.8, 4) is 0 Å². The van der Waals surface area contributed by atoms with Crippen molar-refractivity contribution in [2.45, 2.75) is 18.2 Å².